The number of carbonyl (C=O) groups is 2. The van der Waals surface area contributed by atoms with E-state index < -0.39 is 11.8 Å². The molecule has 0 bridgehead atoms. The van der Waals surface area contributed by atoms with Crippen molar-refractivity contribution < 1.29 is 9.59 Å². The van der Waals surface area contributed by atoms with Gasteiger partial charge in [-0.2, -0.15) is 5.10 Å². The van der Waals surface area contributed by atoms with Crippen LogP contribution in [-0.4, -0.2) is 24.1 Å². The Balaban J connectivity index is 1.86. The first kappa shape index (κ1) is 15.2. The van der Waals surface area contributed by atoms with Crippen molar-refractivity contribution in [3.8, 4) is 0 Å². The van der Waals surface area contributed by atoms with Gasteiger partial charge in [-0.05, 0) is 29.4 Å². The van der Waals surface area contributed by atoms with Crippen LogP contribution in [0.25, 0.3) is 0 Å². The van der Waals surface area contributed by atoms with E-state index in [4.69, 9.17) is 0 Å². The van der Waals surface area contributed by atoms with Gasteiger partial charge in [0, 0.05) is 6.04 Å². The summed E-state index contributed by atoms with van der Waals surface area (Å²) in [5, 5.41) is 6.40. The number of nitrogens with one attached hydrogen (secondary N) is 2. The molecule has 0 atom stereocenters. The Morgan fingerprint density at radius 3 is 2.29 bits per heavy atom. The Hall–Kier alpha value is -2.17. The number of hydrogen-bond donors (Lipinski definition) is 2. The van der Waals surface area contributed by atoms with Gasteiger partial charge in [-0.1, -0.05) is 45.0 Å². The SMILES string of the molecule is CC(C)(C)c1ccc(/C=N\NC(=O)C(=O)NC2CC2)cc1. The fraction of sp³-hybridized carbons (Fsp3) is 0.438. The molecule has 5 nitrogen and oxygen atoms in total. The molecular weight excluding hydrogens is 266 g/mol. The van der Waals surface area contributed by atoms with E-state index in [1.165, 1.54) is 11.8 Å². The van der Waals surface area contributed by atoms with E-state index in [0.717, 1.165) is 18.4 Å². The van der Waals surface area contributed by atoms with Crippen molar-refractivity contribution in [2.75, 3.05) is 0 Å². The van der Waals surface area contributed by atoms with Crippen molar-refractivity contribution in [1.82, 2.24) is 10.7 Å². The Kier molecular flexibility index (Phi) is 4.40. The minimum absolute atomic E-state index is 0.102. The first-order valence-electron chi connectivity index (χ1n) is 7.11. The molecule has 1 aromatic carbocycles. The van der Waals surface area contributed by atoms with Gasteiger partial charge < -0.3 is 5.32 Å². The Labute approximate surface area is 124 Å². The van der Waals surface area contributed by atoms with Crippen LogP contribution in [0.4, 0.5) is 0 Å². The van der Waals surface area contributed by atoms with Crippen molar-refractivity contribution in [2.45, 2.75) is 45.1 Å². The molecular formula is C16H21N3O2. The molecule has 0 heterocycles. The average Bonchev–Trinajstić information content (AvgIpc) is 3.22. The Morgan fingerprint density at radius 1 is 1.14 bits per heavy atom. The number of nitrogens with zero attached hydrogens (tertiary/aromatic N) is 1. The van der Waals surface area contributed by atoms with Crippen molar-refractivity contribution in [3.05, 3.63) is 35.4 Å². The second-order valence-electron chi connectivity index (χ2n) is 6.32. The van der Waals surface area contributed by atoms with E-state index in [2.05, 4.69) is 36.6 Å². The monoisotopic (exact) mass is 287 g/mol. The number of carbonyl (C=O) groups excluding carboxylic acids is 2. The fourth-order valence-electron chi connectivity index (χ4n) is 1.76. The van der Waals surface area contributed by atoms with Gasteiger partial charge in [-0.15, -0.1) is 0 Å². The third kappa shape index (κ3) is 4.70. The predicted octanol–water partition coefficient (Wildman–Crippen LogP) is 1.71. The standard InChI is InChI=1S/C16H21N3O2/c1-16(2,3)12-6-4-11(5-7-12)10-17-19-15(21)14(20)18-13-8-9-13/h4-7,10,13H,8-9H2,1-3H3,(H,18,20)(H,19,21)/b17-10-. The summed E-state index contributed by atoms with van der Waals surface area (Å²) in [6.07, 6.45) is 3.42. The Bertz CT molecular complexity index is 552. The van der Waals surface area contributed by atoms with E-state index in [1.54, 1.807) is 0 Å². The molecule has 112 valence electrons. The second kappa shape index (κ2) is 6.08. The van der Waals surface area contributed by atoms with Gasteiger partial charge in [-0.25, -0.2) is 5.43 Å². The predicted molar refractivity (Wildman–Crippen MR) is 82.0 cm³/mol. The van der Waals surface area contributed by atoms with Gasteiger partial charge >= 0.3 is 11.8 Å². The normalized spacial score (nSPS) is 15.0. The molecule has 21 heavy (non-hydrogen) atoms. The lowest BCUT2D eigenvalue weighted by atomic mass is 9.87. The molecule has 2 N–H and O–H groups in total. The van der Waals surface area contributed by atoms with E-state index in [1.807, 2.05) is 24.3 Å². The Morgan fingerprint density at radius 2 is 1.76 bits per heavy atom. The smallest absolute Gasteiger partial charge is 0.329 e. The quantitative estimate of drug-likeness (QED) is 0.505. The summed E-state index contributed by atoms with van der Waals surface area (Å²) in [6, 6.07) is 8.09. The number of amides is 2. The lowest BCUT2D eigenvalue weighted by Gasteiger charge is -2.18. The van der Waals surface area contributed by atoms with Gasteiger partial charge in [0.05, 0.1) is 6.21 Å². The maximum Gasteiger partial charge on any atom is 0.329 e. The average molecular weight is 287 g/mol. The molecule has 0 spiro atoms. The highest BCUT2D eigenvalue weighted by Crippen LogP contribution is 2.21. The summed E-state index contributed by atoms with van der Waals surface area (Å²) < 4.78 is 0. The molecule has 0 aliphatic heterocycles. The van der Waals surface area contributed by atoms with E-state index in [0.29, 0.717) is 0 Å². The van der Waals surface area contributed by atoms with Crippen LogP contribution >= 0.6 is 0 Å². The molecule has 0 radical (unpaired) electrons. The first-order valence-corrected chi connectivity index (χ1v) is 7.11. The topological polar surface area (TPSA) is 70.6 Å². The van der Waals surface area contributed by atoms with Crippen LogP contribution in [-0.2, 0) is 15.0 Å². The molecule has 0 aromatic heterocycles. The van der Waals surface area contributed by atoms with Gasteiger partial charge in [0.1, 0.15) is 0 Å². The highest BCUT2D eigenvalue weighted by atomic mass is 16.2. The molecule has 1 fully saturated rings. The summed E-state index contributed by atoms with van der Waals surface area (Å²) >= 11 is 0. The van der Waals surface area contributed by atoms with Gasteiger partial charge in [-0.3, -0.25) is 9.59 Å². The number of benzene rings is 1. The molecule has 1 aromatic rings. The molecule has 2 amide bonds. The largest absolute Gasteiger partial charge is 0.345 e. The summed E-state index contributed by atoms with van der Waals surface area (Å²) in [7, 11) is 0. The second-order valence-corrected chi connectivity index (χ2v) is 6.32. The van der Waals surface area contributed by atoms with Crippen LogP contribution in [0, 0.1) is 0 Å². The van der Waals surface area contributed by atoms with Crippen LogP contribution in [0.3, 0.4) is 0 Å². The summed E-state index contributed by atoms with van der Waals surface area (Å²) in [5.74, 6) is -1.36. The maximum absolute atomic E-state index is 11.4. The maximum atomic E-state index is 11.4. The van der Waals surface area contributed by atoms with Crippen molar-refractivity contribution >= 4 is 18.0 Å². The van der Waals surface area contributed by atoms with Crippen LogP contribution in [0.2, 0.25) is 0 Å². The fourth-order valence-corrected chi connectivity index (χ4v) is 1.76. The lowest BCUT2D eigenvalue weighted by Crippen LogP contribution is -2.38. The first-order chi connectivity index (χ1) is 9.86. The molecule has 0 saturated heterocycles. The molecule has 1 aliphatic rings. The van der Waals surface area contributed by atoms with Gasteiger partial charge in [0.25, 0.3) is 0 Å². The highest BCUT2D eigenvalue weighted by molar-refractivity contribution is 6.35. The molecule has 5 heteroatoms. The van der Waals surface area contributed by atoms with Crippen molar-refractivity contribution in [1.29, 1.82) is 0 Å². The molecule has 0 unspecified atom stereocenters. The van der Waals surface area contributed by atoms with E-state index in [-0.39, 0.29) is 11.5 Å². The van der Waals surface area contributed by atoms with Gasteiger partial charge in [0.2, 0.25) is 0 Å². The number of hydrogen-bond acceptors (Lipinski definition) is 3. The van der Waals surface area contributed by atoms with Crippen LogP contribution < -0.4 is 10.7 Å². The minimum Gasteiger partial charge on any atom is -0.345 e. The highest BCUT2D eigenvalue weighted by Gasteiger charge is 2.26. The minimum atomic E-state index is -0.732. The van der Waals surface area contributed by atoms with Crippen LogP contribution in [0.15, 0.2) is 29.4 Å². The third-order valence-corrected chi connectivity index (χ3v) is 3.28. The van der Waals surface area contributed by atoms with Crippen LogP contribution in [0.5, 0.6) is 0 Å². The van der Waals surface area contributed by atoms with Crippen LogP contribution in [0.1, 0.15) is 44.7 Å². The summed E-state index contributed by atoms with van der Waals surface area (Å²) in [6.45, 7) is 6.44. The number of hydrazone groups is 1. The zero-order chi connectivity index (χ0) is 15.5. The van der Waals surface area contributed by atoms with E-state index >= 15 is 0 Å². The number of rotatable bonds is 3. The third-order valence-electron chi connectivity index (χ3n) is 3.28. The van der Waals surface area contributed by atoms with E-state index in [9.17, 15) is 9.59 Å². The van der Waals surface area contributed by atoms with Gasteiger partial charge in [0.15, 0.2) is 0 Å². The molecule has 1 aliphatic carbocycles. The zero-order valence-corrected chi connectivity index (χ0v) is 12.6. The van der Waals surface area contributed by atoms with Crippen molar-refractivity contribution in [3.63, 3.8) is 0 Å². The summed E-state index contributed by atoms with van der Waals surface area (Å²) in [4.78, 5) is 22.8. The summed E-state index contributed by atoms with van der Waals surface area (Å²) in [5.41, 5.74) is 4.43. The zero-order valence-electron chi connectivity index (χ0n) is 12.6. The van der Waals surface area contributed by atoms with Crippen molar-refractivity contribution in [2.24, 2.45) is 5.10 Å². The lowest BCUT2D eigenvalue weighted by molar-refractivity contribution is -0.139. The molecule has 2 rings (SSSR count). The molecule has 1 saturated carbocycles.